The number of aliphatic hydroxyl groups excluding tert-OH is 1. The van der Waals surface area contributed by atoms with E-state index in [2.05, 4.69) is 27.2 Å². The molecule has 29 heavy (non-hydrogen) atoms. The molecule has 0 aliphatic carbocycles. The van der Waals surface area contributed by atoms with Crippen LogP contribution in [-0.4, -0.2) is 51.8 Å². The van der Waals surface area contributed by atoms with Crippen LogP contribution in [0.1, 0.15) is 27.3 Å². The number of carbonyl (C=O) groups is 1. The molecule has 2 heterocycles. The molecule has 3 rings (SSSR count). The highest BCUT2D eigenvalue weighted by molar-refractivity contribution is 6.01. The molecule has 148 valence electrons. The van der Waals surface area contributed by atoms with Crippen molar-refractivity contribution < 1.29 is 19.4 Å². The number of aromatic hydroxyl groups is 1. The maximum absolute atomic E-state index is 13.1. The van der Waals surface area contributed by atoms with Gasteiger partial charge in [0.1, 0.15) is 23.6 Å². The van der Waals surface area contributed by atoms with Crippen LogP contribution < -0.4 is 5.43 Å². The van der Waals surface area contributed by atoms with Crippen molar-refractivity contribution in [3.05, 3.63) is 64.9 Å². The lowest BCUT2D eigenvalue weighted by molar-refractivity contribution is 0.0848. The Labute approximate surface area is 166 Å². The summed E-state index contributed by atoms with van der Waals surface area (Å²) in [5, 5.41) is 21.5. The Balaban J connectivity index is 2.10. The summed E-state index contributed by atoms with van der Waals surface area (Å²) in [7, 11) is 3.25. The van der Waals surface area contributed by atoms with Crippen molar-refractivity contribution in [2.45, 2.75) is 6.42 Å². The quantitative estimate of drug-likeness (QED) is 0.459. The number of nitrogens with one attached hydrogen (secondary N) is 1. The molecule has 0 unspecified atom stereocenters. The van der Waals surface area contributed by atoms with Gasteiger partial charge in [-0.1, -0.05) is 18.1 Å². The largest absolute Gasteiger partial charge is 0.504 e. The molecule has 0 fully saturated rings. The summed E-state index contributed by atoms with van der Waals surface area (Å²) >= 11 is 0. The van der Waals surface area contributed by atoms with Gasteiger partial charge in [-0.15, -0.1) is 0 Å². The van der Waals surface area contributed by atoms with E-state index in [-0.39, 0.29) is 35.1 Å². The zero-order valence-corrected chi connectivity index (χ0v) is 15.9. The van der Waals surface area contributed by atoms with Gasteiger partial charge in [-0.3, -0.25) is 15.2 Å². The van der Waals surface area contributed by atoms with Gasteiger partial charge in [-0.25, -0.2) is 14.4 Å². The van der Waals surface area contributed by atoms with E-state index in [1.807, 2.05) is 0 Å². The average Bonchev–Trinajstić information content (AvgIpc) is 2.68. The second-order valence-electron chi connectivity index (χ2n) is 6.50. The summed E-state index contributed by atoms with van der Waals surface area (Å²) in [6.45, 7) is -0.383. The standard InChI is InChI=1S/C21H19FN4O3/c1-26(2)25-21(29)19-20(28)18-16(17(24-19)4-3-9-27)11-14(12-23-18)10-13-5-7-15(22)8-6-13/h5-8,11-12,27-28H,9-10H2,1-2H3,(H,25,29). The van der Waals surface area contributed by atoms with Gasteiger partial charge in [0.25, 0.3) is 5.91 Å². The molecule has 0 spiro atoms. The van der Waals surface area contributed by atoms with Crippen molar-refractivity contribution >= 4 is 16.8 Å². The molecular formula is C21H19FN4O3. The number of pyridine rings is 2. The molecule has 0 aliphatic heterocycles. The number of hydrogen-bond donors (Lipinski definition) is 3. The molecule has 0 saturated carbocycles. The van der Waals surface area contributed by atoms with Crippen molar-refractivity contribution in [2.75, 3.05) is 20.7 Å². The number of rotatable bonds is 4. The van der Waals surface area contributed by atoms with Crippen molar-refractivity contribution in [2.24, 2.45) is 0 Å². The normalized spacial score (nSPS) is 10.7. The first-order chi connectivity index (χ1) is 13.9. The molecule has 1 amide bonds. The predicted octanol–water partition coefficient (Wildman–Crippen LogP) is 1.62. The van der Waals surface area contributed by atoms with Gasteiger partial charge in [0, 0.05) is 25.7 Å². The molecule has 2 aromatic heterocycles. The first-order valence-corrected chi connectivity index (χ1v) is 8.73. The second kappa shape index (κ2) is 8.65. The van der Waals surface area contributed by atoms with Gasteiger partial charge in [0.2, 0.25) is 0 Å². The number of amides is 1. The summed E-state index contributed by atoms with van der Waals surface area (Å²) in [6, 6.07) is 7.87. The molecule has 3 N–H and O–H groups in total. The maximum Gasteiger partial charge on any atom is 0.288 e. The Morgan fingerprint density at radius 3 is 2.62 bits per heavy atom. The first kappa shape index (κ1) is 20.2. The van der Waals surface area contributed by atoms with Crippen LogP contribution in [0.4, 0.5) is 4.39 Å². The van der Waals surface area contributed by atoms with Crippen molar-refractivity contribution in [3.63, 3.8) is 0 Å². The van der Waals surface area contributed by atoms with Crippen LogP contribution in [0.25, 0.3) is 10.9 Å². The van der Waals surface area contributed by atoms with E-state index >= 15 is 0 Å². The third kappa shape index (κ3) is 4.66. The first-order valence-electron chi connectivity index (χ1n) is 8.73. The van der Waals surface area contributed by atoms with E-state index in [9.17, 15) is 14.3 Å². The van der Waals surface area contributed by atoms with Gasteiger partial charge in [-0.2, -0.15) is 0 Å². The lowest BCUT2D eigenvalue weighted by Gasteiger charge is -2.14. The van der Waals surface area contributed by atoms with Crippen LogP contribution in [0.3, 0.4) is 0 Å². The van der Waals surface area contributed by atoms with Crippen LogP contribution >= 0.6 is 0 Å². The van der Waals surface area contributed by atoms with Gasteiger partial charge in [-0.05, 0) is 41.7 Å². The number of fused-ring (bicyclic) bond motifs is 1. The monoisotopic (exact) mass is 394 g/mol. The minimum absolute atomic E-state index is 0.175. The summed E-state index contributed by atoms with van der Waals surface area (Å²) < 4.78 is 13.1. The third-order valence-corrected chi connectivity index (χ3v) is 4.02. The lowest BCUT2D eigenvalue weighted by Crippen LogP contribution is -2.36. The lowest BCUT2D eigenvalue weighted by atomic mass is 10.0. The van der Waals surface area contributed by atoms with E-state index in [1.54, 1.807) is 38.5 Å². The molecule has 7 nitrogen and oxygen atoms in total. The van der Waals surface area contributed by atoms with Gasteiger partial charge < -0.3 is 10.2 Å². The Morgan fingerprint density at radius 2 is 1.97 bits per heavy atom. The van der Waals surface area contributed by atoms with E-state index in [4.69, 9.17) is 5.11 Å². The topological polar surface area (TPSA) is 98.6 Å². The molecule has 3 aromatic rings. The van der Waals surface area contributed by atoms with E-state index < -0.39 is 5.91 Å². The Hall–Kier alpha value is -3.54. The van der Waals surface area contributed by atoms with Crippen LogP contribution in [0, 0.1) is 17.7 Å². The van der Waals surface area contributed by atoms with Crippen LogP contribution in [0.5, 0.6) is 5.75 Å². The van der Waals surface area contributed by atoms with E-state index in [0.29, 0.717) is 11.8 Å². The molecule has 0 aliphatic rings. The maximum atomic E-state index is 13.1. The number of benzene rings is 1. The number of carbonyl (C=O) groups excluding carboxylic acids is 1. The average molecular weight is 394 g/mol. The SMILES string of the molecule is CN(C)NC(=O)c1nc(C#CCO)c2cc(Cc3ccc(F)cc3)cnc2c1O. The molecule has 0 atom stereocenters. The Morgan fingerprint density at radius 1 is 1.24 bits per heavy atom. The minimum Gasteiger partial charge on any atom is -0.504 e. The van der Waals surface area contributed by atoms with Crippen LogP contribution in [0.2, 0.25) is 0 Å². The Kier molecular flexibility index (Phi) is 6.02. The number of nitrogens with zero attached hydrogens (tertiary/aromatic N) is 3. The second-order valence-corrected chi connectivity index (χ2v) is 6.50. The highest BCUT2D eigenvalue weighted by Gasteiger charge is 2.20. The van der Waals surface area contributed by atoms with Gasteiger partial charge in [0.15, 0.2) is 11.4 Å². The highest BCUT2D eigenvalue weighted by atomic mass is 19.1. The number of hydrogen-bond acceptors (Lipinski definition) is 6. The van der Waals surface area contributed by atoms with Crippen LogP contribution in [-0.2, 0) is 6.42 Å². The van der Waals surface area contributed by atoms with Gasteiger partial charge >= 0.3 is 0 Å². The molecular weight excluding hydrogens is 375 g/mol. The fourth-order valence-electron chi connectivity index (χ4n) is 2.78. The third-order valence-electron chi connectivity index (χ3n) is 4.02. The smallest absolute Gasteiger partial charge is 0.288 e. The minimum atomic E-state index is -0.612. The number of aromatic nitrogens is 2. The van der Waals surface area contributed by atoms with Gasteiger partial charge in [0.05, 0.1) is 0 Å². The number of aliphatic hydroxyl groups is 1. The predicted molar refractivity (Wildman–Crippen MR) is 106 cm³/mol. The zero-order chi connectivity index (χ0) is 21.0. The molecule has 0 saturated heterocycles. The fourth-order valence-corrected chi connectivity index (χ4v) is 2.78. The summed E-state index contributed by atoms with van der Waals surface area (Å²) in [4.78, 5) is 20.8. The van der Waals surface area contributed by atoms with Crippen molar-refractivity contribution in [1.29, 1.82) is 0 Å². The summed E-state index contributed by atoms with van der Waals surface area (Å²) in [6.07, 6.45) is 2.06. The number of hydrazine groups is 1. The highest BCUT2D eigenvalue weighted by Crippen LogP contribution is 2.29. The van der Waals surface area contributed by atoms with Crippen molar-refractivity contribution in [1.82, 2.24) is 20.4 Å². The van der Waals surface area contributed by atoms with E-state index in [0.717, 1.165) is 11.1 Å². The summed E-state index contributed by atoms with van der Waals surface area (Å²) in [5.41, 5.74) is 4.36. The van der Waals surface area contributed by atoms with Crippen molar-refractivity contribution in [3.8, 4) is 17.6 Å². The number of halogens is 1. The fraction of sp³-hybridized carbons (Fsp3) is 0.190. The van der Waals surface area contributed by atoms with E-state index in [1.165, 1.54) is 17.1 Å². The van der Waals surface area contributed by atoms with Crippen LogP contribution in [0.15, 0.2) is 36.5 Å². The Bertz CT molecular complexity index is 1120. The summed E-state index contributed by atoms with van der Waals surface area (Å²) in [5.74, 6) is 3.93. The molecule has 0 bridgehead atoms. The molecule has 0 radical (unpaired) electrons. The zero-order valence-electron chi connectivity index (χ0n) is 15.9. The molecule has 1 aromatic carbocycles. The molecule has 8 heteroatoms.